The lowest BCUT2D eigenvalue weighted by molar-refractivity contribution is -0.145. The van der Waals surface area contributed by atoms with Crippen LogP contribution in [0.2, 0.25) is 0 Å². The van der Waals surface area contributed by atoms with Crippen molar-refractivity contribution in [2.45, 2.75) is 64.8 Å². The Bertz CT molecular complexity index is 391. The van der Waals surface area contributed by atoms with Gasteiger partial charge in [0.2, 0.25) is 0 Å². The molecule has 1 aliphatic carbocycles. The zero-order valence-corrected chi connectivity index (χ0v) is 13.2. The molecule has 2 atom stereocenters. The molecule has 2 amide bonds. The molecular weight excluding hydrogens is 268 g/mol. The van der Waals surface area contributed by atoms with Gasteiger partial charge in [-0.05, 0) is 37.0 Å². The lowest BCUT2D eigenvalue weighted by Gasteiger charge is -2.39. The summed E-state index contributed by atoms with van der Waals surface area (Å²) in [5.41, 5.74) is 0.175. The van der Waals surface area contributed by atoms with E-state index in [0.29, 0.717) is 13.1 Å². The first-order valence-corrected chi connectivity index (χ1v) is 8.20. The number of nitrogens with zero attached hydrogens (tertiary/aromatic N) is 1. The molecule has 0 spiro atoms. The van der Waals surface area contributed by atoms with Gasteiger partial charge in [-0.1, -0.05) is 33.1 Å². The molecule has 5 nitrogen and oxygen atoms in total. The fraction of sp³-hybridized carbons (Fsp3) is 0.875. The van der Waals surface area contributed by atoms with Crippen LogP contribution in [0.4, 0.5) is 4.79 Å². The summed E-state index contributed by atoms with van der Waals surface area (Å²) >= 11 is 0. The van der Waals surface area contributed by atoms with Crippen LogP contribution in [-0.4, -0.2) is 41.1 Å². The number of likely N-dealkylation sites (tertiary alicyclic amines) is 1. The first-order chi connectivity index (χ1) is 9.93. The van der Waals surface area contributed by atoms with Crippen LogP contribution in [0.5, 0.6) is 0 Å². The molecule has 2 aliphatic rings. The summed E-state index contributed by atoms with van der Waals surface area (Å²) in [6.07, 6.45) is 7.79. The fourth-order valence-electron chi connectivity index (χ4n) is 3.76. The maximum Gasteiger partial charge on any atom is 0.326 e. The zero-order valence-electron chi connectivity index (χ0n) is 13.2. The first kappa shape index (κ1) is 16.1. The Hall–Kier alpha value is -1.26. The molecule has 21 heavy (non-hydrogen) atoms. The lowest BCUT2D eigenvalue weighted by Crippen LogP contribution is -2.56. The number of carboxylic acids is 1. The van der Waals surface area contributed by atoms with Gasteiger partial charge in [0.1, 0.15) is 6.04 Å². The minimum Gasteiger partial charge on any atom is -0.480 e. The predicted molar refractivity (Wildman–Crippen MR) is 81.1 cm³/mol. The molecule has 2 unspecified atom stereocenters. The van der Waals surface area contributed by atoms with Crippen LogP contribution in [-0.2, 0) is 4.79 Å². The summed E-state index contributed by atoms with van der Waals surface area (Å²) in [6.45, 7) is 5.34. The minimum absolute atomic E-state index is 0.0206. The number of aliphatic carboxylic acids is 1. The molecule has 0 radical (unpaired) electrons. The second-order valence-corrected chi connectivity index (χ2v) is 7.13. The van der Waals surface area contributed by atoms with Crippen LogP contribution in [0.3, 0.4) is 0 Å². The van der Waals surface area contributed by atoms with Gasteiger partial charge < -0.3 is 15.3 Å². The van der Waals surface area contributed by atoms with Crippen LogP contribution in [0, 0.1) is 11.3 Å². The molecule has 120 valence electrons. The normalized spacial score (nSPS) is 29.0. The summed E-state index contributed by atoms with van der Waals surface area (Å²) < 4.78 is 0. The molecule has 1 aliphatic heterocycles. The number of nitrogens with one attached hydrogen (secondary N) is 1. The third-order valence-electron chi connectivity index (χ3n) is 5.17. The highest BCUT2D eigenvalue weighted by molar-refractivity contribution is 5.83. The third kappa shape index (κ3) is 3.89. The molecule has 5 heteroatoms. The second kappa shape index (κ2) is 6.67. The van der Waals surface area contributed by atoms with Crippen molar-refractivity contribution >= 4 is 12.0 Å². The van der Waals surface area contributed by atoms with Crippen molar-refractivity contribution in [1.29, 1.82) is 0 Å². The Morgan fingerprint density at radius 1 is 1.24 bits per heavy atom. The van der Waals surface area contributed by atoms with Crippen LogP contribution in [0.15, 0.2) is 0 Å². The lowest BCUT2D eigenvalue weighted by atomic mass is 9.76. The van der Waals surface area contributed by atoms with Crippen molar-refractivity contribution in [3.63, 3.8) is 0 Å². The number of hydrogen-bond acceptors (Lipinski definition) is 2. The minimum atomic E-state index is -0.888. The Morgan fingerprint density at radius 2 is 1.90 bits per heavy atom. The van der Waals surface area contributed by atoms with Crippen molar-refractivity contribution < 1.29 is 14.7 Å². The van der Waals surface area contributed by atoms with E-state index < -0.39 is 12.0 Å². The molecule has 1 heterocycles. The first-order valence-electron chi connectivity index (χ1n) is 8.20. The van der Waals surface area contributed by atoms with Gasteiger partial charge in [0, 0.05) is 13.1 Å². The van der Waals surface area contributed by atoms with E-state index >= 15 is 0 Å². The van der Waals surface area contributed by atoms with Gasteiger partial charge in [-0.2, -0.15) is 0 Å². The van der Waals surface area contributed by atoms with E-state index in [-0.39, 0.29) is 17.4 Å². The standard InChI is InChI=1S/C16H28N2O3/c1-12-7-6-10-18(13(12)14(19)20)15(21)17-11-16(2)8-4-3-5-9-16/h12-13H,3-11H2,1-2H3,(H,17,21)(H,19,20). The van der Waals surface area contributed by atoms with E-state index in [1.807, 2.05) is 6.92 Å². The van der Waals surface area contributed by atoms with Crippen LogP contribution in [0.25, 0.3) is 0 Å². The quantitative estimate of drug-likeness (QED) is 0.841. The number of hydrogen-bond donors (Lipinski definition) is 2. The van der Waals surface area contributed by atoms with Crippen molar-refractivity contribution in [2.24, 2.45) is 11.3 Å². The Kier molecular flexibility index (Phi) is 5.12. The number of amides is 2. The number of carbonyl (C=O) groups is 2. The molecule has 1 saturated carbocycles. The summed E-state index contributed by atoms with van der Waals surface area (Å²) in [6, 6.07) is -0.890. The number of urea groups is 1. The summed E-state index contributed by atoms with van der Waals surface area (Å²) in [7, 11) is 0. The van der Waals surface area contributed by atoms with Crippen LogP contribution in [0.1, 0.15) is 58.8 Å². The van der Waals surface area contributed by atoms with Gasteiger partial charge in [-0.15, -0.1) is 0 Å². The van der Waals surface area contributed by atoms with E-state index in [2.05, 4.69) is 12.2 Å². The van der Waals surface area contributed by atoms with Gasteiger partial charge in [-0.3, -0.25) is 0 Å². The summed E-state index contributed by atoms with van der Waals surface area (Å²) in [5.74, 6) is -0.867. The molecule has 0 aromatic heterocycles. The largest absolute Gasteiger partial charge is 0.480 e. The molecule has 2 N–H and O–H groups in total. The van der Waals surface area contributed by atoms with E-state index in [1.54, 1.807) is 0 Å². The zero-order chi connectivity index (χ0) is 15.5. The van der Waals surface area contributed by atoms with Gasteiger partial charge in [-0.25, -0.2) is 9.59 Å². The van der Waals surface area contributed by atoms with Gasteiger partial charge in [0.15, 0.2) is 0 Å². The van der Waals surface area contributed by atoms with Gasteiger partial charge >= 0.3 is 12.0 Å². The number of piperidine rings is 1. The van der Waals surface area contributed by atoms with Crippen molar-refractivity contribution in [2.75, 3.05) is 13.1 Å². The Morgan fingerprint density at radius 3 is 2.52 bits per heavy atom. The number of rotatable bonds is 3. The van der Waals surface area contributed by atoms with Crippen LogP contribution >= 0.6 is 0 Å². The predicted octanol–water partition coefficient (Wildman–Crippen LogP) is 2.85. The summed E-state index contributed by atoms with van der Waals surface area (Å²) in [4.78, 5) is 25.3. The van der Waals surface area contributed by atoms with Crippen LogP contribution < -0.4 is 5.32 Å². The Balaban J connectivity index is 1.93. The SMILES string of the molecule is CC1CCCN(C(=O)NCC2(C)CCCCC2)C1C(=O)O. The number of carbonyl (C=O) groups excluding carboxylic acids is 1. The monoisotopic (exact) mass is 296 g/mol. The fourth-order valence-corrected chi connectivity index (χ4v) is 3.76. The highest BCUT2D eigenvalue weighted by Gasteiger charge is 2.37. The maximum absolute atomic E-state index is 12.4. The van der Waals surface area contributed by atoms with Gasteiger partial charge in [0.05, 0.1) is 0 Å². The second-order valence-electron chi connectivity index (χ2n) is 7.13. The van der Waals surface area contributed by atoms with Crippen molar-refractivity contribution in [3.05, 3.63) is 0 Å². The summed E-state index contributed by atoms with van der Waals surface area (Å²) in [5, 5.41) is 12.4. The average molecular weight is 296 g/mol. The average Bonchev–Trinajstić information content (AvgIpc) is 2.45. The number of carboxylic acid groups (broad SMARTS) is 1. The molecule has 1 saturated heterocycles. The smallest absolute Gasteiger partial charge is 0.326 e. The molecular formula is C16H28N2O3. The van der Waals surface area contributed by atoms with E-state index in [9.17, 15) is 14.7 Å². The molecule has 0 aromatic rings. The van der Waals surface area contributed by atoms with E-state index in [0.717, 1.165) is 25.7 Å². The molecule has 0 aromatic carbocycles. The Labute approximate surface area is 127 Å². The highest BCUT2D eigenvalue weighted by Crippen LogP contribution is 2.35. The molecule has 2 rings (SSSR count). The molecule has 0 bridgehead atoms. The third-order valence-corrected chi connectivity index (χ3v) is 5.17. The van der Waals surface area contributed by atoms with Crippen molar-refractivity contribution in [3.8, 4) is 0 Å². The topological polar surface area (TPSA) is 69.6 Å². The highest BCUT2D eigenvalue weighted by atomic mass is 16.4. The van der Waals surface area contributed by atoms with E-state index in [1.165, 1.54) is 24.2 Å². The van der Waals surface area contributed by atoms with E-state index in [4.69, 9.17) is 0 Å². The van der Waals surface area contributed by atoms with Gasteiger partial charge in [0.25, 0.3) is 0 Å². The maximum atomic E-state index is 12.4. The van der Waals surface area contributed by atoms with Crippen molar-refractivity contribution in [1.82, 2.24) is 10.2 Å². The molecule has 2 fully saturated rings.